The van der Waals surface area contributed by atoms with Gasteiger partial charge in [-0.25, -0.2) is 0 Å². The standard InChI is InChI=1S/C22H23N3O4/c1-29-19-4-2-3-18(15-19)23-11-13-24(14-12-23)22(28)16-5-7-17(8-6-16)25-20(26)9-10-21(25)27/h2-8,15H,9-14H2,1H3. The number of anilines is 2. The molecular weight excluding hydrogens is 370 g/mol. The van der Waals surface area contributed by atoms with Crippen molar-refractivity contribution in [2.45, 2.75) is 12.8 Å². The third-order valence-electron chi connectivity index (χ3n) is 5.41. The van der Waals surface area contributed by atoms with Crippen molar-refractivity contribution in [3.63, 3.8) is 0 Å². The second-order valence-electron chi connectivity index (χ2n) is 7.15. The molecule has 0 atom stereocenters. The predicted molar refractivity (Wildman–Crippen MR) is 109 cm³/mol. The Hall–Kier alpha value is -3.35. The molecule has 7 heteroatoms. The van der Waals surface area contributed by atoms with E-state index in [9.17, 15) is 14.4 Å². The van der Waals surface area contributed by atoms with Gasteiger partial charge in [0.05, 0.1) is 12.8 Å². The molecule has 0 bridgehead atoms. The minimum atomic E-state index is -0.192. The second kappa shape index (κ2) is 7.95. The molecular formula is C22H23N3O4. The Balaban J connectivity index is 1.39. The lowest BCUT2D eigenvalue weighted by Gasteiger charge is -2.36. The lowest BCUT2D eigenvalue weighted by atomic mass is 10.1. The van der Waals surface area contributed by atoms with Gasteiger partial charge in [0.15, 0.2) is 0 Å². The Labute approximate surface area is 169 Å². The molecule has 2 aliphatic heterocycles. The lowest BCUT2D eigenvalue weighted by Crippen LogP contribution is -2.48. The van der Waals surface area contributed by atoms with E-state index in [4.69, 9.17) is 4.74 Å². The molecule has 0 aliphatic carbocycles. The van der Waals surface area contributed by atoms with Gasteiger partial charge < -0.3 is 14.5 Å². The van der Waals surface area contributed by atoms with Crippen molar-refractivity contribution in [1.29, 1.82) is 0 Å². The minimum Gasteiger partial charge on any atom is -0.497 e. The second-order valence-corrected chi connectivity index (χ2v) is 7.15. The van der Waals surface area contributed by atoms with Gasteiger partial charge in [-0.15, -0.1) is 0 Å². The topological polar surface area (TPSA) is 70.2 Å². The maximum atomic E-state index is 12.8. The third-order valence-corrected chi connectivity index (χ3v) is 5.41. The summed E-state index contributed by atoms with van der Waals surface area (Å²) in [6.07, 6.45) is 0.494. The number of piperazine rings is 1. The van der Waals surface area contributed by atoms with Crippen LogP contribution in [0.5, 0.6) is 5.75 Å². The molecule has 29 heavy (non-hydrogen) atoms. The summed E-state index contributed by atoms with van der Waals surface area (Å²) in [5.74, 6) is 0.391. The highest BCUT2D eigenvalue weighted by Gasteiger charge is 2.30. The van der Waals surface area contributed by atoms with Gasteiger partial charge in [-0.2, -0.15) is 0 Å². The summed E-state index contributed by atoms with van der Waals surface area (Å²) < 4.78 is 5.29. The van der Waals surface area contributed by atoms with Crippen LogP contribution in [0.3, 0.4) is 0 Å². The van der Waals surface area contributed by atoms with E-state index in [-0.39, 0.29) is 30.6 Å². The van der Waals surface area contributed by atoms with Gasteiger partial charge in [0.2, 0.25) is 11.8 Å². The Bertz CT molecular complexity index is 917. The molecule has 2 saturated heterocycles. The fraction of sp³-hybridized carbons (Fsp3) is 0.318. The zero-order valence-corrected chi connectivity index (χ0v) is 16.3. The predicted octanol–water partition coefficient (Wildman–Crippen LogP) is 2.31. The molecule has 3 amide bonds. The highest BCUT2D eigenvalue weighted by molar-refractivity contribution is 6.19. The van der Waals surface area contributed by atoms with Crippen LogP contribution in [0.1, 0.15) is 23.2 Å². The molecule has 2 fully saturated rings. The van der Waals surface area contributed by atoms with E-state index in [1.165, 1.54) is 4.90 Å². The van der Waals surface area contributed by atoms with Crippen LogP contribution in [-0.4, -0.2) is 55.9 Å². The minimum absolute atomic E-state index is 0.0408. The van der Waals surface area contributed by atoms with Crippen molar-refractivity contribution >= 4 is 29.1 Å². The highest BCUT2D eigenvalue weighted by Crippen LogP contribution is 2.24. The van der Waals surface area contributed by atoms with E-state index in [0.717, 1.165) is 24.5 Å². The van der Waals surface area contributed by atoms with Gasteiger partial charge in [0.25, 0.3) is 5.91 Å². The lowest BCUT2D eigenvalue weighted by molar-refractivity contribution is -0.121. The molecule has 0 saturated carbocycles. The summed E-state index contributed by atoms with van der Waals surface area (Å²) in [6.45, 7) is 2.74. The molecule has 4 rings (SSSR count). The van der Waals surface area contributed by atoms with Gasteiger partial charge in [-0.3, -0.25) is 19.3 Å². The van der Waals surface area contributed by atoms with E-state index >= 15 is 0 Å². The summed E-state index contributed by atoms with van der Waals surface area (Å²) in [5.41, 5.74) is 2.17. The number of hydrogen-bond acceptors (Lipinski definition) is 5. The van der Waals surface area contributed by atoms with Crippen LogP contribution in [0.15, 0.2) is 48.5 Å². The third kappa shape index (κ3) is 3.81. The first-order valence-electron chi connectivity index (χ1n) is 9.71. The SMILES string of the molecule is COc1cccc(N2CCN(C(=O)c3ccc(N4C(=O)CCC4=O)cc3)CC2)c1. The van der Waals surface area contributed by atoms with Gasteiger partial charge in [-0.1, -0.05) is 6.07 Å². The molecule has 0 N–H and O–H groups in total. The maximum Gasteiger partial charge on any atom is 0.253 e. The number of carbonyl (C=O) groups excluding carboxylic acids is 3. The number of benzene rings is 2. The van der Waals surface area contributed by atoms with Crippen LogP contribution < -0.4 is 14.5 Å². The van der Waals surface area contributed by atoms with E-state index in [1.807, 2.05) is 29.2 Å². The van der Waals surface area contributed by atoms with Crippen LogP contribution in [0, 0.1) is 0 Å². The monoisotopic (exact) mass is 393 g/mol. The number of methoxy groups -OCH3 is 1. The number of hydrogen-bond donors (Lipinski definition) is 0. The fourth-order valence-corrected chi connectivity index (χ4v) is 3.78. The molecule has 2 aromatic carbocycles. The number of nitrogens with zero attached hydrogens (tertiary/aromatic N) is 3. The molecule has 150 valence electrons. The van der Waals surface area contributed by atoms with Crippen LogP contribution in [0.2, 0.25) is 0 Å². The molecule has 0 aromatic heterocycles. The van der Waals surface area contributed by atoms with Crippen molar-refractivity contribution in [1.82, 2.24) is 4.90 Å². The number of rotatable bonds is 4. The van der Waals surface area contributed by atoms with Crippen molar-refractivity contribution in [3.8, 4) is 5.75 Å². The quantitative estimate of drug-likeness (QED) is 0.746. The molecule has 2 aromatic rings. The van der Waals surface area contributed by atoms with Crippen molar-refractivity contribution in [2.24, 2.45) is 0 Å². The normalized spacial score (nSPS) is 17.1. The highest BCUT2D eigenvalue weighted by atomic mass is 16.5. The van der Waals surface area contributed by atoms with E-state index < -0.39 is 0 Å². The van der Waals surface area contributed by atoms with E-state index in [2.05, 4.69) is 4.90 Å². The first kappa shape index (κ1) is 19.0. The first-order chi connectivity index (χ1) is 14.1. The van der Waals surface area contributed by atoms with Crippen molar-refractivity contribution in [3.05, 3.63) is 54.1 Å². The zero-order chi connectivity index (χ0) is 20.4. The average Bonchev–Trinajstić information content (AvgIpc) is 3.11. The Morgan fingerprint density at radius 3 is 2.14 bits per heavy atom. The largest absolute Gasteiger partial charge is 0.497 e. The van der Waals surface area contributed by atoms with Gasteiger partial charge in [-0.05, 0) is 36.4 Å². The summed E-state index contributed by atoms with van der Waals surface area (Å²) in [6, 6.07) is 14.6. The molecule has 7 nitrogen and oxygen atoms in total. The summed E-state index contributed by atoms with van der Waals surface area (Å²) in [7, 11) is 1.65. The molecule has 0 unspecified atom stereocenters. The summed E-state index contributed by atoms with van der Waals surface area (Å²) >= 11 is 0. The number of amides is 3. The van der Waals surface area contributed by atoms with Crippen molar-refractivity contribution < 1.29 is 19.1 Å². The zero-order valence-electron chi connectivity index (χ0n) is 16.3. The van der Waals surface area contributed by atoms with Crippen LogP contribution in [-0.2, 0) is 9.59 Å². The van der Waals surface area contributed by atoms with Gasteiger partial charge in [0, 0.05) is 56.3 Å². The first-order valence-corrected chi connectivity index (χ1v) is 9.71. The smallest absolute Gasteiger partial charge is 0.253 e. The molecule has 2 aliphatic rings. The van der Waals surface area contributed by atoms with Gasteiger partial charge in [0.1, 0.15) is 5.75 Å². The summed E-state index contributed by atoms with van der Waals surface area (Å²) in [5, 5.41) is 0. The van der Waals surface area contributed by atoms with Crippen molar-refractivity contribution in [2.75, 3.05) is 43.1 Å². The Kier molecular flexibility index (Phi) is 5.20. The number of carbonyl (C=O) groups is 3. The van der Waals surface area contributed by atoms with Crippen LogP contribution in [0.4, 0.5) is 11.4 Å². The molecule has 2 heterocycles. The fourth-order valence-electron chi connectivity index (χ4n) is 3.78. The Morgan fingerprint density at radius 1 is 0.862 bits per heavy atom. The maximum absolute atomic E-state index is 12.8. The van der Waals surface area contributed by atoms with E-state index in [0.29, 0.717) is 24.3 Å². The molecule has 0 radical (unpaired) electrons. The molecule has 0 spiro atoms. The van der Waals surface area contributed by atoms with E-state index in [1.54, 1.807) is 31.4 Å². The van der Waals surface area contributed by atoms with Gasteiger partial charge >= 0.3 is 0 Å². The summed E-state index contributed by atoms with van der Waals surface area (Å²) in [4.78, 5) is 41.8. The van der Waals surface area contributed by atoms with Crippen LogP contribution in [0.25, 0.3) is 0 Å². The van der Waals surface area contributed by atoms with Crippen LogP contribution >= 0.6 is 0 Å². The average molecular weight is 393 g/mol. The number of imide groups is 1. The number of ether oxygens (including phenoxy) is 1. The Morgan fingerprint density at radius 2 is 1.52 bits per heavy atom.